The molecule has 176 valence electrons. The summed E-state index contributed by atoms with van der Waals surface area (Å²) in [5, 5.41) is 6.25. The van der Waals surface area contributed by atoms with Crippen molar-refractivity contribution >= 4 is 27.3 Å². The quantitative estimate of drug-likeness (QED) is 0.577. The lowest BCUT2D eigenvalue weighted by Crippen LogP contribution is -2.43. The van der Waals surface area contributed by atoms with Gasteiger partial charge in [0.25, 0.3) is 0 Å². The molecule has 8 heteroatoms. The lowest BCUT2D eigenvalue weighted by Gasteiger charge is -2.31. The van der Waals surface area contributed by atoms with Crippen LogP contribution < -0.4 is 5.32 Å². The molecule has 32 heavy (non-hydrogen) atoms. The van der Waals surface area contributed by atoms with Gasteiger partial charge in [0.15, 0.2) is 0 Å². The molecule has 1 amide bonds. The summed E-state index contributed by atoms with van der Waals surface area (Å²) < 4.78 is 28.3. The van der Waals surface area contributed by atoms with Crippen molar-refractivity contribution in [2.45, 2.75) is 71.6 Å². The van der Waals surface area contributed by atoms with Crippen LogP contribution in [0.4, 0.5) is 0 Å². The number of benzene rings is 1. The Labute approximate surface area is 196 Å². The summed E-state index contributed by atoms with van der Waals surface area (Å²) in [4.78, 5) is 17.5. The Morgan fingerprint density at radius 3 is 2.28 bits per heavy atom. The van der Waals surface area contributed by atoms with E-state index in [1.54, 1.807) is 15.6 Å². The molecule has 1 aromatic carbocycles. The van der Waals surface area contributed by atoms with Gasteiger partial charge < -0.3 is 5.32 Å². The molecule has 1 fully saturated rings. The molecule has 0 atom stereocenters. The molecule has 0 bridgehead atoms. The Hall–Kier alpha value is -1.77. The van der Waals surface area contributed by atoms with E-state index in [4.69, 9.17) is 0 Å². The van der Waals surface area contributed by atoms with Crippen molar-refractivity contribution in [3.05, 3.63) is 44.4 Å². The average Bonchev–Trinajstić information content (AvgIpc) is 3.17. The minimum atomic E-state index is -3.57. The number of hydrogen-bond donors (Lipinski definition) is 1. The Balaban J connectivity index is 1.49. The van der Waals surface area contributed by atoms with E-state index in [0.29, 0.717) is 37.4 Å². The zero-order valence-electron chi connectivity index (χ0n) is 19.8. The number of unbranched alkanes of at least 4 members (excludes halogenated alkanes) is 1. The van der Waals surface area contributed by atoms with E-state index < -0.39 is 10.0 Å². The van der Waals surface area contributed by atoms with Crippen LogP contribution in [-0.2, 0) is 21.2 Å². The number of carbonyl (C=O) groups excluding carboxylic acids is 1. The van der Waals surface area contributed by atoms with Gasteiger partial charge in [0, 0.05) is 36.6 Å². The van der Waals surface area contributed by atoms with Crippen LogP contribution in [0.5, 0.6) is 0 Å². The largest absolute Gasteiger partial charge is 0.356 e. The number of nitrogens with one attached hydrogen (secondary N) is 1. The highest BCUT2D eigenvalue weighted by molar-refractivity contribution is 7.89. The molecule has 6 nitrogen and oxygen atoms in total. The molecule has 2 aromatic rings. The van der Waals surface area contributed by atoms with Crippen LogP contribution in [0.1, 0.15) is 58.6 Å². The van der Waals surface area contributed by atoms with E-state index in [0.717, 1.165) is 52.2 Å². The molecule has 2 heterocycles. The number of sulfonamides is 1. The van der Waals surface area contributed by atoms with Gasteiger partial charge in [0.05, 0.1) is 9.90 Å². The maximum absolute atomic E-state index is 13.4. The van der Waals surface area contributed by atoms with Crippen molar-refractivity contribution in [1.82, 2.24) is 14.6 Å². The number of amides is 1. The second-order valence-corrected chi connectivity index (χ2v) is 11.7. The van der Waals surface area contributed by atoms with Gasteiger partial charge in [-0.3, -0.25) is 4.79 Å². The zero-order valence-corrected chi connectivity index (χ0v) is 21.5. The van der Waals surface area contributed by atoms with Gasteiger partial charge in [-0.05, 0) is 89.0 Å². The fourth-order valence-corrected chi connectivity index (χ4v) is 7.19. The maximum atomic E-state index is 13.4. The van der Waals surface area contributed by atoms with Gasteiger partial charge in [0.1, 0.15) is 0 Å². The predicted molar refractivity (Wildman–Crippen MR) is 130 cm³/mol. The number of carbonyl (C=O) groups is 1. The number of piperidine rings is 1. The number of aromatic nitrogens is 1. The Kier molecular flexibility index (Phi) is 8.11. The molecule has 1 aromatic heterocycles. The Morgan fingerprint density at radius 2 is 1.72 bits per heavy atom. The summed E-state index contributed by atoms with van der Waals surface area (Å²) in [5.41, 5.74) is 4.69. The monoisotopic (exact) mass is 477 g/mol. The van der Waals surface area contributed by atoms with E-state index in [-0.39, 0.29) is 11.8 Å². The third-order valence-corrected chi connectivity index (χ3v) is 9.70. The fourth-order valence-electron chi connectivity index (χ4n) is 4.33. The molecule has 0 unspecified atom stereocenters. The lowest BCUT2D eigenvalue weighted by molar-refractivity contribution is -0.126. The molecule has 0 spiro atoms. The van der Waals surface area contributed by atoms with Crippen LogP contribution >= 0.6 is 11.3 Å². The third kappa shape index (κ3) is 5.58. The first kappa shape index (κ1) is 24.9. The van der Waals surface area contributed by atoms with Crippen molar-refractivity contribution in [2.24, 2.45) is 5.92 Å². The highest BCUT2D eigenvalue weighted by atomic mass is 32.2. The SMILES string of the molecule is Cc1csc(CCCCNC(=O)C2CCN(S(=O)(=O)c3c(C)c(C)cc(C)c3C)CC2)n1. The maximum Gasteiger partial charge on any atom is 0.243 e. The standard InChI is InChI=1S/C24H35N3O3S2/c1-16-14-17(2)20(5)23(19(16)4)32(29,30)27-12-9-21(10-13-27)24(28)25-11-7-6-8-22-26-18(3)15-31-22/h14-15,21H,6-13H2,1-5H3,(H,25,28). The van der Waals surface area contributed by atoms with Crippen molar-refractivity contribution in [3.63, 3.8) is 0 Å². The molecular formula is C24H35N3O3S2. The molecular weight excluding hydrogens is 442 g/mol. The highest BCUT2D eigenvalue weighted by Gasteiger charge is 2.34. The number of hydrogen-bond acceptors (Lipinski definition) is 5. The van der Waals surface area contributed by atoms with Gasteiger partial charge in [-0.2, -0.15) is 4.31 Å². The molecule has 0 radical (unpaired) electrons. The first-order chi connectivity index (χ1) is 15.1. The van der Waals surface area contributed by atoms with E-state index in [1.165, 1.54) is 0 Å². The Bertz CT molecular complexity index is 1040. The van der Waals surface area contributed by atoms with E-state index in [9.17, 15) is 13.2 Å². The minimum absolute atomic E-state index is 0.0471. The molecule has 1 aliphatic rings. The van der Waals surface area contributed by atoms with Crippen LogP contribution in [0.25, 0.3) is 0 Å². The van der Waals surface area contributed by atoms with Gasteiger partial charge >= 0.3 is 0 Å². The first-order valence-electron chi connectivity index (χ1n) is 11.4. The Morgan fingerprint density at radius 1 is 1.09 bits per heavy atom. The normalized spacial score (nSPS) is 15.8. The summed E-state index contributed by atoms with van der Waals surface area (Å²) in [6.45, 7) is 11.1. The predicted octanol–water partition coefficient (Wildman–Crippen LogP) is 4.23. The number of aryl methyl sites for hydroxylation is 4. The molecule has 1 N–H and O–H groups in total. The summed E-state index contributed by atoms with van der Waals surface area (Å²) in [7, 11) is -3.57. The minimum Gasteiger partial charge on any atom is -0.356 e. The molecule has 0 aliphatic carbocycles. The van der Waals surface area contributed by atoms with E-state index in [2.05, 4.69) is 15.7 Å². The topological polar surface area (TPSA) is 79.4 Å². The second-order valence-electron chi connectivity index (χ2n) is 8.90. The van der Waals surface area contributed by atoms with Crippen LogP contribution in [0.2, 0.25) is 0 Å². The second kappa shape index (κ2) is 10.4. The van der Waals surface area contributed by atoms with Crippen LogP contribution in [0, 0.1) is 40.5 Å². The van der Waals surface area contributed by atoms with Crippen molar-refractivity contribution in [1.29, 1.82) is 0 Å². The zero-order chi connectivity index (χ0) is 23.5. The van der Waals surface area contributed by atoms with Crippen molar-refractivity contribution in [3.8, 4) is 0 Å². The summed E-state index contributed by atoms with van der Waals surface area (Å²) >= 11 is 1.69. The number of nitrogens with zero attached hydrogens (tertiary/aromatic N) is 2. The van der Waals surface area contributed by atoms with Gasteiger partial charge in [-0.15, -0.1) is 11.3 Å². The average molecular weight is 478 g/mol. The first-order valence-corrected chi connectivity index (χ1v) is 13.7. The van der Waals surface area contributed by atoms with Gasteiger partial charge in [-0.1, -0.05) is 6.07 Å². The molecule has 1 aliphatic heterocycles. The molecule has 1 saturated heterocycles. The summed E-state index contributed by atoms with van der Waals surface area (Å²) in [6.07, 6.45) is 3.99. The third-order valence-electron chi connectivity index (χ3n) is 6.50. The highest BCUT2D eigenvalue weighted by Crippen LogP contribution is 2.31. The smallest absolute Gasteiger partial charge is 0.243 e. The molecule has 3 rings (SSSR count). The van der Waals surface area contributed by atoms with E-state index in [1.807, 2.05) is 40.7 Å². The summed E-state index contributed by atoms with van der Waals surface area (Å²) in [5.74, 6) is -0.0737. The number of rotatable bonds is 8. The van der Waals surface area contributed by atoms with E-state index >= 15 is 0 Å². The number of thiazole rings is 1. The van der Waals surface area contributed by atoms with Crippen LogP contribution in [0.15, 0.2) is 16.3 Å². The summed E-state index contributed by atoms with van der Waals surface area (Å²) in [6, 6.07) is 2.04. The van der Waals surface area contributed by atoms with Crippen LogP contribution in [-0.4, -0.2) is 43.2 Å². The molecule has 0 saturated carbocycles. The fraction of sp³-hybridized carbons (Fsp3) is 0.583. The van der Waals surface area contributed by atoms with Crippen molar-refractivity contribution in [2.75, 3.05) is 19.6 Å². The lowest BCUT2D eigenvalue weighted by atomic mass is 9.97. The van der Waals surface area contributed by atoms with Crippen LogP contribution in [0.3, 0.4) is 0 Å². The van der Waals surface area contributed by atoms with Gasteiger partial charge in [0.2, 0.25) is 15.9 Å². The van der Waals surface area contributed by atoms with Gasteiger partial charge in [-0.25, -0.2) is 13.4 Å². The van der Waals surface area contributed by atoms with Crippen molar-refractivity contribution < 1.29 is 13.2 Å².